The average molecular weight is 386 g/mol. The first kappa shape index (κ1) is 16.3. The minimum atomic E-state index is -0.235. The van der Waals surface area contributed by atoms with Crippen molar-refractivity contribution in [2.24, 2.45) is 23.7 Å². The Morgan fingerprint density at radius 1 is 0.885 bits per heavy atom. The predicted molar refractivity (Wildman–Crippen MR) is 101 cm³/mol. The van der Waals surface area contributed by atoms with Crippen molar-refractivity contribution in [2.45, 2.75) is 18.8 Å². The third-order valence-corrected chi connectivity index (χ3v) is 6.95. The molecule has 2 aromatic carbocycles. The van der Waals surface area contributed by atoms with Crippen LogP contribution in [0.15, 0.2) is 48.5 Å². The highest BCUT2D eigenvalue weighted by atomic mass is 35.5. The molecule has 0 spiro atoms. The van der Waals surface area contributed by atoms with E-state index in [-0.39, 0.29) is 35.5 Å². The fourth-order valence-corrected chi connectivity index (χ4v) is 5.81. The molecule has 2 saturated carbocycles. The van der Waals surface area contributed by atoms with E-state index in [0.29, 0.717) is 21.7 Å². The summed E-state index contributed by atoms with van der Waals surface area (Å²) in [6, 6.07) is 15.3. The molecule has 5 heteroatoms. The predicted octanol–water partition coefficient (Wildman–Crippen LogP) is 4.92. The van der Waals surface area contributed by atoms with E-state index in [1.807, 2.05) is 18.2 Å². The lowest BCUT2D eigenvalue weighted by Crippen LogP contribution is -2.33. The van der Waals surface area contributed by atoms with Crippen LogP contribution in [0.2, 0.25) is 10.0 Å². The summed E-state index contributed by atoms with van der Waals surface area (Å²) in [5, 5.41) is 0.843. The van der Waals surface area contributed by atoms with E-state index in [0.717, 1.165) is 12.8 Å². The molecule has 0 N–H and O–H groups in total. The van der Waals surface area contributed by atoms with E-state index >= 15 is 0 Å². The maximum atomic E-state index is 13.2. The maximum absolute atomic E-state index is 13.2. The van der Waals surface area contributed by atoms with Crippen LogP contribution >= 0.6 is 23.2 Å². The minimum Gasteiger partial charge on any atom is -0.274 e. The first-order valence-corrected chi connectivity index (χ1v) is 9.69. The maximum Gasteiger partial charge on any atom is 0.238 e. The van der Waals surface area contributed by atoms with Gasteiger partial charge in [-0.25, -0.2) is 4.90 Å². The molecular weight excluding hydrogens is 369 g/mol. The number of carbonyl (C=O) groups is 2. The molecule has 0 radical (unpaired) electrons. The highest BCUT2D eigenvalue weighted by molar-refractivity contribution is 6.37. The Labute approximate surface area is 161 Å². The molecule has 2 bridgehead atoms. The molecule has 5 rings (SSSR count). The van der Waals surface area contributed by atoms with Crippen LogP contribution < -0.4 is 4.90 Å². The number of nitrogens with zero attached hydrogens (tertiary/aromatic N) is 1. The van der Waals surface area contributed by atoms with E-state index < -0.39 is 0 Å². The standard InChI is InChI=1S/C21H17Cl2NO2/c22-13-6-7-16(23)17(10-13)24-20(25)18-12-8-14(11-4-2-1-3-5-11)15(9-12)19(18)21(24)26/h1-7,10,12,14-15,18-19H,8-9H2/t12-,14+,15+,18-,19-/m1/s1. The summed E-state index contributed by atoms with van der Waals surface area (Å²) >= 11 is 12.3. The molecule has 3 aliphatic rings. The Morgan fingerprint density at radius 2 is 1.62 bits per heavy atom. The van der Waals surface area contributed by atoms with Gasteiger partial charge in [0.05, 0.1) is 22.5 Å². The first-order chi connectivity index (χ1) is 12.6. The lowest BCUT2D eigenvalue weighted by atomic mass is 9.73. The number of imide groups is 1. The van der Waals surface area contributed by atoms with Gasteiger partial charge in [-0.1, -0.05) is 53.5 Å². The van der Waals surface area contributed by atoms with Crippen LogP contribution in [0.3, 0.4) is 0 Å². The number of amides is 2. The van der Waals surface area contributed by atoms with Crippen LogP contribution in [0.25, 0.3) is 0 Å². The molecule has 1 heterocycles. The zero-order valence-corrected chi connectivity index (χ0v) is 15.5. The van der Waals surface area contributed by atoms with Crippen molar-refractivity contribution in [2.75, 3.05) is 4.90 Å². The molecule has 132 valence electrons. The second kappa shape index (κ2) is 5.83. The highest BCUT2D eigenvalue weighted by Gasteiger charge is 2.64. The van der Waals surface area contributed by atoms with E-state index in [4.69, 9.17) is 23.2 Å². The molecule has 2 aromatic rings. The quantitative estimate of drug-likeness (QED) is 0.687. The van der Waals surface area contributed by atoms with E-state index in [9.17, 15) is 9.59 Å². The van der Waals surface area contributed by atoms with Gasteiger partial charge < -0.3 is 0 Å². The first-order valence-electron chi connectivity index (χ1n) is 8.94. The molecule has 3 fully saturated rings. The van der Waals surface area contributed by atoms with Crippen LogP contribution in [-0.4, -0.2) is 11.8 Å². The second-order valence-electron chi connectivity index (χ2n) is 7.57. The Bertz CT molecular complexity index is 913. The van der Waals surface area contributed by atoms with E-state index in [1.54, 1.807) is 18.2 Å². The van der Waals surface area contributed by atoms with Gasteiger partial charge in [0.15, 0.2) is 0 Å². The van der Waals surface area contributed by atoms with Crippen LogP contribution in [-0.2, 0) is 9.59 Å². The van der Waals surface area contributed by atoms with Crippen molar-refractivity contribution in [1.29, 1.82) is 0 Å². The second-order valence-corrected chi connectivity index (χ2v) is 8.42. The summed E-state index contributed by atoms with van der Waals surface area (Å²) in [7, 11) is 0. The Morgan fingerprint density at radius 3 is 2.38 bits per heavy atom. The molecule has 1 aliphatic heterocycles. The molecule has 0 aromatic heterocycles. The van der Waals surface area contributed by atoms with Crippen molar-refractivity contribution in [3.8, 4) is 0 Å². The summed E-state index contributed by atoms with van der Waals surface area (Å²) in [5.74, 6) is 0.194. The number of hydrogen-bond acceptors (Lipinski definition) is 2. The molecule has 2 aliphatic carbocycles. The van der Waals surface area contributed by atoms with Gasteiger partial charge >= 0.3 is 0 Å². The fourth-order valence-electron chi connectivity index (χ4n) is 5.44. The Kier molecular flexibility index (Phi) is 3.67. The normalized spacial score (nSPS) is 32.4. The van der Waals surface area contributed by atoms with Gasteiger partial charge in [-0.15, -0.1) is 0 Å². The van der Waals surface area contributed by atoms with Gasteiger partial charge in [0, 0.05) is 5.02 Å². The number of anilines is 1. The highest BCUT2D eigenvalue weighted by Crippen LogP contribution is 2.62. The van der Waals surface area contributed by atoms with Crippen molar-refractivity contribution < 1.29 is 9.59 Å². The third-order valence-electron chi connectivity index (χ3n) is 6.39. The van der Waals surface area contributed by atoms with Crippen molar-refractivity contribution in [1.82, 2.24) is 0 Å². The van der Waals surface area contributed by atoms with Crippen LogP contribution in [0.5, 0.6) is 0 Å². The number of fused-ring (bicyclic) bond motifs is 5. The summed E-state index contributed by atoms with van der Waals surface area (Å²) in [4.78, 5) is 27.6. The van der Waals surface area contributed by atoms with Gasteiger partial charge in [0.2, 0.25) is 11.8 Å². The van der Waals surface area contributed by atoms with E-state index in [2.05, 4.69) is 12.1 Å². The fraction of sp³-hybridized carbons (Fsp3) is 0.333. The monoisotopic (exact) mass is 385 g/mol. The molecule has 26 heavy (non-hydrogen) atoms. The topological polar surface area (TPSA) is 37.4 Å². The lowest BCUT2D eigenvalue weighted by Gasteiger charge is -2.28. The Balaban J connectivity index is 1.52. The minimum absolute atomic E-state index is 0.108. The zero-order valence-electron chi connectivity index (χ0n) is 13.9. The van der Waals surface area contributed by atoms with Gasteiger partial charge in [0.1, 0.15) is 0 Å². The number of rotatable bonds is 2. The molecule has 5 atom stereocenters. The SMILES string of the molecule is O=C1[C@@H]2[C@H]3C[C@H]([C@H]2C(=O)N1c1cc(Cl)ccc1Cl)[C@H](c1ccccc1)C3. The number of benzene rings is 2. The van der Waals surface area contributed by atoms with Gasteiger partial charge in [-0.3, -0.25) is 9.59 Å². The van der Waals surface area contributed by atoms with Gasteiger partial charge in [-0.2, -0.15) is 0 Å². The third kappa shape index (κ3) is 2.20. The molecule has 0 unspecified atom stereocenters. The number of hydrogen-bond donors (Lipinski definition) is 0. The van der Waals surface area contributed by atoms with Crippen LogP contribution in [0.4, 0.5) is 5.69 Å². The van der Waals surface area contributed by atoms with E-state index in [1.165, 1.54) is 10.5 Å². The molecule has 3 nitrogen and oxygen atoms in total. The summed E-state index contributed by atoms with van der Waals surface area (Å²) in [5.41, 5.74) is 1.69. The molecular formula is C21H17Cl2NO2. The zero-order chi connectivity index (χ0) is 18.0. The number of carbonyl (C=O) groups excluding carboxylic acids is 2. The summed E-state index contributed by atoms with van der Waals surface area (Å²) in [6.45, 7) is 0. The van der Waals surface area contributed by atoms with Crippen LogP contribution in [0.1, 0.15) is 24.3 Å². The lowest BCUT2D eigenvalue weighted by molar-refractivity contribution is -0.123. The smallest absolute Gasteiger partial charge is 0.238 e. The summed E-state index contributed by atoms with van der Waals surface area (Å²) in [6.07, 6.45) is 1.94. The van der Waals surface area contributed by atoms with Crippen LogP contribution in [0, 0.1) is 23.7 Å². The van der Waals surface area contributed by atoms with Gasteiger partial charge in [0.25, 0.3) is 0 Å². The van der Waals surface area contributed by atoms with Crippen molar-refractivity contribution >= 4 is 40.7 Å². The summed E-state index contributed by atoms with van der Waals surface area (Å²) < 4.78 is 0. The Hall–Kier alpha value is -1.84. The largest absolute Gasteiger partial charge is 0.274 e. The molecule has 1 saturated heterocycles. The van der Waals surface area contributed by atoms with Gasteiger partial charge in [-0.05, 0) is 54.4 Å². The van der Waals surface area contributed by atoms with Crippen molar-refractivity contribution in [3.05, 3.63) is 64.1 Å². The van der Waals surface area contributed by atoms with Crippen molar-refractivity contribution in [3.63, 3.8) is 0 Å². The molecule has 2 amide bonds. The number of halogens is 2. The average Bonchev–Trinajstić information content (AvgIpc) is 3.30.